The van der Waals surface area contributed by atoms with Gasteiger partial charge in [0.15, 0.2) is 11.0 Å². The smallest absolute Gasteiger partial charge is 0.382 e. The molecule has 0 atom stereocenters. The predicted octanol–water partition coefficient (Wildman–Crippen LogP) is 6.81. The van der Waals surface area contributed by atoms with E-state index in [0.717, 1.165) is 11.1 Å². The van der Waals surface area contributed by atoms with Crippen molar-refractivity contribution in [2.45, 2.75) is 24.8 Å². The molecule has 1 aromatic heterocycles. The van der Waals surface area contributed by atoms with Gasteiger partial charge in [0, 0.05) is 33.2 Å². The van der Waals surface area contributed by atoms with Crippen LogP contribution < -0.4 is 4.52 Å². The van der Waals surface area contributed by atoms with Gasteiger partial charge in [0.2, 0.25) is 0 Å². The number of hydrogen-bond acceptors (Lipinski definition) is 8. The van der Waals surface area contributed by atoms with Crippen LogP contribution in [-0.2, 0) is 26.6 Å². The summed E-state index contributed by atoms with van der Waals surface area (Å²) in [6.45, 7) is 1.30. The molecule has 0 saturated carbocycles. The van der Waals surface area contributed by atoms with Crippen LogP contribution in [0.15, 0.2) is 53.7 Å². The first kappa shape index (κ1) is 24.4. The van der Waals surface area contributed by atoms with Gasteiger partial charge in [0.25, 0.3) is 0 Å². The third kappa shape index (κ3) is 7.12. The molecular weight excluding hydrogens is 496 g/mol. The zero-order chi connectivity index (χ0) is 22.3. The fourth-order valence-electron chi connectivity index (χ4n) is 2.44. The molecule has 6 nitrogen and oxygen atoms in total. The zero-order valence-corrected chi connectivity index (χ0v) is 20.9. The van der Waals surface area contributed by atoms with Gasteiger partial charge in [-0.15, -0.1) is 0 Å². The van der Waals surface area contributed by atoms with E-state index in [1.54, 1.807) is 12.1 Å². The van der Waals surface area contributed by atoms with E-state index in [2.05, 4.69) is 15.0 Å². The Morgan fingerprint density at radius 3 is 2.26 bits per heavy atom. The highest BCUT2D eigenvalue weighted by molar-refractivity contribution is 8.07. The van der Waals surface area contributed by atoms with E-state index in [1.807, 2.05) is 50.2 Å². The molecule has 3 rings (SSSR count). The fourth-order valence-corrected chi connectivity index (χ4v) is 5.60. The SMILES string of the molecule is CCOP(=S)(OCC)Oc1nc(SCc2ccccc2Cl)nc(-c2ccc(Cl)cc2)n1. The molecule has 2 aromatic carbocycles. The first-order chi connectivity index (χ1) is 14.9. The highest BCUT2D eigenvalue weighted by atomic mass is 35.5. The average molecular weight is 516 g/mol. The minimum atomic E-state index is -3.04. The van der Waals surface area contributed by atoms with Gasteiger partial charge in [-0.05, 0) is 49.7 Å². The minimum Gasteiger partial charge on any atom is -0.389 e. The number of halogens is 2. The summed E-state index contributed by atoms with van der Waals surface area (Å²) in [5, 5.41) is 1.76. The Kier molecular flexibility index (Phi) is 9.10. The first-order valence-corrected chi connectivity index (χ1v) is 13.7. The number of thioether (sulfide) groups is 1. The number of benzene rings is 2. The molecule has 0 saturated heterocycles. The Labute approximate surface area is 200 Å². The maximum atomic E-state index is 6.27. The Balaban J connectivity index is 1.94. The Morgan fingerprint density at radius 1 is 0.935 bits per heavy atom. The van der Waals surface area contributed by atoms with Gasteiger partial charge in [0.1, 0.15) is 0 Å². The lowest BCUT2D eigenvalue weighted by Crippen LogP contribution is -2.06. The average Bonchev–Trinajstić information content (AvgIpc) is 2.74. The maximum Gasteiger partial charge on any atom is 0.382 e. The third-order valence-corrected chi connectivity index (χ3v) is 7.69. The molecule has 0 aliphatic rings. The van der Waals surface area contributed by atoms with E-state index in [1.165, 1.54) is 11.8 Å². The summed E-state index contributed by atoms with van der Waals surface area (Å²) in [5.74, 6) is 1.01. The van der Waals surface area contributed by atoms with Gasteiger partial charge < -0.3 is 4.52 Å². The summed E-state index contributed by atoms with van der Waals surface area (Å²) in [5.41, 5.74) is 1.73. The van der Waals surface area contributed by atoms with E-state index in [0.29, 0.717) is 40.0 Å². The van der Waals surface area contributed by atoms with Crippen molar-refractivity contribution in [2.24, 2.45) is 0 Å². The van der Waals surface area contributed by atoms with Crippen molar-refractivity contribution in [2.75, 3.05) is 13.2 Å². The van der Waals surface area contributed by atoms with Crippen molar-refractivity contribution in [3.05, 3.63) is 64.1 Å². The highest BCUT2D eigenvalue weighted by Gasteiger charge is 2.24. The molecule has 1 heterocycles. The van der Waals surface area contributed by atoms with Crippen LogP contribution in [-0.4, -0.2) is 28.2 Å². The van der Waals surface area contributed by atoms with Crippen LogP contribution in [0.3, 0.4) is 0 Å². The van der Waals surface area contributed by atoms with E-state index >= 15 is 0 Å². The lowest BCUT2D eigenvalue weighted by atomic mass is 10.2. The van der Waals surface area contributed by atoms with E-state index < -0.39 is 6.72 Å². The zero-order valence-electron chi connectivity index (χ0n) is 16.8. The third-order valence-electron chi connectivity index (χ3n) is 3.78. The molecular formula is C20H20Cl2N3O3PS2. The van der Waals surface area contributed by atoms with Crippen molar-refractivity contribution in [3.8, 4) is 17.4 Å². The van der Waals surface area contributed by atoms with Crippen LogP contribution in [0.25, 0.3) is 11.4 Å². The predicted molar refractivity (Wildman–Crippen MR) is 129 cm³/mol. The minimum absolute atomic E-state index is 0.0480. The van der Waals surface area contributed by atoms with E-state index in [4.69, 9.17) is 48.6 Å². The molecule has 11 heteroatoms. The van der Waals surface area contributed by atoms with Gasteiger partial charge >= 0.3 is 12.7 Å². The quantitative estimate of drug-likeness (QED) is 0.215. The molecule has 0 radical (unpaired) electrons. The summed E-state index contributed by atoms with van der Waals surface area (Å²) in [7, 11) is 0. The van der Waals surface area contributed by atoms with Gasteiger partial charge in [0.05, 0.1) is 13.2 Å². The van der Waals surface area contributed by atoms with Crippen LogP contribution in [0, 0.1) is 0 Å². The lowest BCUT2D eigenvalue weighted by molar-refractivity contribution is 0.213. The standard InChI is InChI=1S/C20H20Cl2N3O3PS2/c1-3-26-29(30,27-4-2)28-19-23-18(14-9-11-16(21)12-10-14)24-20(25-19)31-13-15-7-5-6-8-17(15)22/h5-12H,3-4,13H2,1-2H3. The Bertz CT molecular complexity index is 1060. The van der Waals surface area contributed by atoms with E-state index in [9.17, 15) is 0 Å². The molecule has 31 heavy (non-hydrogen) atoms. The van der Waals surface area contributed by atoms with Crippen LogP contribution in [0.4, 0.5) is 0 Å². The number of nitrogens with zero attached hydrogens (tertiary/aromatic N) is 3. The number of aromatic nitrogens is 3. The normalized spacial score (nSPS) is 11.5. The second kappa shape index (κ2) is 11.6. The van der Waals surface area contributed by atoms with Crippen molar-refractivity contribution in [3.63, 3.8) is 0 Å². The van der Waals surface area contributed by atoms with Crippen LogP contribution in [0.1, 0.15) is 19.4 Å². The van der Waals surface area contributed by atoms with E-state index in [-0.39, 0.29) is 6.01 Å². The van der Waals surface area contributed by atoms with Gasteiger partial charge in [-0.3, -0.25) is 9.05 Å². The molecule has 0 amide bonds. The second-order valence-electron chi connectivity index (χ2n) is 5.99. The molecule has 164 valence electrons. The largest absolute Gasteiger partial charge is 0.389 e. The molecule has 0 fully saturated rings. The number of hydrogen-bond donors (Lipinski definition) is 0. The molecule has 0 aliphatic carbocycles. The topological polar surface area (TPSA) is 66.4 Å². The van der Waals surface area contributed by atoms with Crippen molar-refractivity contribution < 1.29 is 13.6 Å². The molecule has 0 bridgehead atoms. The molecule has 0 unspecified atom stereocenters. The second-order valence-corrected chi connectivity index (χ2v) is 10.7. The highest BCUT2D eigenvalue weighted by Crippen LogP contribution is 2.49. The summed E-state index contributed by atoms with van der Waals surface area (Å²) in [6.07, 6.45) is 0. The summed E-state index contributed by atoms with van der Waals surface area (Å²) in [4.78, 5) is 13.4. The van der Waals surface area contributed by atoms with Gasteiger partial charge in [-0.2, -0.15) is 9.97 Å². The molecule has 0 aliphatic heterocycles. The van der Waals surface area contributed by atoms with Crippen molar-refractivity contribution >= 4 is 53.5 Å². The molecule has 0 N–H and O–H groups in total. The maximum absolute atomic E-state index is 6.27. The molecule has 3 aromatic rings. The number of rotatable bonds is 10. The van der Waals surface area contributed by atoms with Crippen molar-refractivity contribution in [1.29, 1.82) is 0 Å². The summed E-state index contributed by atoms with van der Waals surface area (Å²) in [6, 6.07) is 14.9. The summed E-state index contributed by atoms with van der Waals surface area (Å²) >= 11 is 19.2. The Morgan fingerprint density at radius 2 is 1.61 bits per heavy atom. The summed E-state index contributed by atoms with van der Waals surface area (Å²) < 4.78 is 17.0. The van der Waals surface area contributed by atoms with Crippen molar-refractivity contribution in [1.82, 2.24) is 15.0 Å². The Hall–Kier alpha value is -1.25. The fraction of sp³-hybridized carbons (Fsp3) is 0.250. The van der Waals surface area contributed by atoms with Crippen LogP contribution in [0.5, 0.6) is 6.01 Å². The van der Waals surface area contributed by atoms with Crippen LogP contribution >= 0.6 is 41.7 Å². The van der Waals surface area contributed by atoms with Gasteiger partial charge in [-0.1, -0.05) is 53.2 Å². The van der Waals surface area contributed by atoms with Gasteiger partial charge in [-0.25, -0.2) is 4.98 Å². The lowest BCUT2D eigenvalue weighted by Gasteiger charge is -2.20. The molecule has 0 spiro atoms. The monoisotopic (exact) mass is 515 g/mol. The van der Waals surface area contributed by atoms with Crippen LogP contribution in [0.2, 0.25) is 10.0 Å². The first-order valence-electron chi connectivity index (χ1n) is 9.39.